The molecule has 0 atom stereocenters. The van der Waals surface area contributed by atoms with E-state index in [1.165, 1.54) is 0 Å². The number of rotatable bonds is 3. The highest BCUT2D eigenvalue weighted by Gasteiger charge is 2.21. The molecule has 0 amide bonds. The van der Waals surface area contributed by atoms with Crippen LogP contribution in [0.5, 0.6) is 0 Å². The number of hydrogen-bond acceptors (Lipinski definition) is 4. The zero-order valence-corrected chi connectivity index (χ0v) is 17.8. The third-order valence-electron chi connectivity index (χ3n) is 6.35. The molecule has 4 aromatic rings. The minimum Gasteiger partial charge on any atom is -0.312 e. The summed E-state index contributed by atoms with van der Waals surface area (Å²) in [7, 11) is 0. The van der Waals surface area contributed by atoms with Gasteiger partial charge in [0.25, 0.3) is 5.56 Å². The first-order valence-electron chi connectivity index (χ1n) is 10.7. The monoisotopic (exact) mass is 401 g/mol. The predicted octanol–water partition coefficient (Wildman–Crippen LogP) is 3.98. The van der Waals surface area contributed by atoms with Crippen LogP contribution in [0.15, 0.2) is 47.5 Å². The summed E-state index contributed by atoms with van der Waals surface area (Å²) in [5.74, 6) is 0. The predicted molar refractivity (Wildman–Crippen MR) is 120 cm³/mol. The summed E-state index contributed by atoms with van der Waals surface area (Å²) >= 11 is 0. The van der Waals surface area contributed by atoms with Gasteiger partial charge in [-0.15, -0.1) is 0 Å². The van der Waals surface area contributed by atoms with Crippen LogP contribution in [0.2, 0.25) is 0 Å². The van der Waals surface area contributed by atoms with Gasteiger partial charge in [0.15, 0.2) is 5.65 Å². The Balaban J connectivity index is 1.52. The molecule has 4 heterocycles. The maximum absolute atomic E-state index is 13.2. The fraction of sp³-hybridized carbons (Fsp3) is 0.375. The first kappa shape index (κ1) is 19.0. The Morgan fingerprint density at radius 1 is 1.10 bits per heavy atom. The van der Waals surface area contributed by atoms with Crippen molar-refractivity contribution in [2.45, 2.75) is 39.7 Å². The normalized spacial score (nSPS) is 16.0. The summed E-state index contributed by atoms with van der Waals surface area (Å²) < 4.78 is 3.78. The maximum atomic E-state index is 13.2. The quantitative estimate of drug-likeness (QED) is 0.521. The molecule has 1 fully saturated rings. The Kier molecular flexibility index (Phi) is 4.66. The van der Waals surface area contributed by atoms with E-state index in [9.17, 15) is 4.79 Å². The molecule has 0 aliphatic carbocycles. The second-order valence-electron chi connectivity index (χ2n) is 8.36. The van der Waals surface area contributed by atoms with E-state index in [4.69, 9.17) is 5.10 Å². The number of fused-ring (bicyclic) bond motifs is 2. The van der Waals surface area contributed by atoms with Crippen molar-refractivity contribution in [3.05, 3.63) is 64.3 Å². The summed E-state index contributed by atoms with van der Waals surface area (Å²) in [5, 5.41) is 6.46. The van der Waals surface area contributed by atoms with Gasteiger partial charge < -0.3 is 9.47 Å². The van der Waals surface area contributed by atoms with E-state index in [-0.39, 0.29) is 5.56 Å². The first-order valence-corrected chi connectivity index (χ1v) is 10.7. The first-order chi connectivity index (χ1) is 14.5. The lowest BCUT2D eigenvalue weighted by molar-refractivity contribution is 0.193. The Bertz CT molecular complexity index is 1290. The summed E-state index contributed by atoms with van der Waals surface area (Å²) in [5.41, 5.74) is 4.92. The number of nitrogens with zero attached hydrogens (tertiary/aromatic N) is 5. The SMILES string of the molecule is CCN1CCC(n2ccc3cc(-c4cc(C)c5nc(C)cn5n4)ccc3c2=O)CC1. The Morgan fingerprint density at radius 3 is 2.67 bits per heavy atom. The van der Waals surface area contributed by atoms with E-state index in [0.717, 1.165) is 71.4 Å². The highest BCUT2D eigenvalue weighted by molar-refractivity contribution is 5.86. The molecule has 0 radical (unpaired) electrons. The molecular formula is C24H27N5O. The van der Waals surface area contributed by atoms with Crippen LogP contribution in [0.1, 0.15) is 37.1 Å². The number of pyridine rings is 1. The molecule has 0 N–H and O–H groups in total. The molecule has 6 nitrogen and oxygen atoms in total. The third-order valence-corrected chi connectivity index (χ3v) is 6.35. The van der Waals surface area contributed by atoms with Crippen molar-refractivity contribution >= 4 is 16.4 Å². The van der Waals surface area contributed by atoms with E-state index < -0.39 is 0 Å². The van der Waals surface area contributed by atoms with Gasteiger partial charge in [-0.1, -0.05) is 13.0 Å². The average Bonchev–Trinajstić information content (AvgIpc) is 3.15. The van der Waals surface area contributed by atoms with Gasteiger partial charge in [-0.3, -0.25) is 4.79 Å². The highest BCUT2D eigenvalue weighted by atomic mass is 16.1. The van der Waals surface area contributed by atoms with Crippen molar-refractivity contribution in [1.82, 2.24) is 24.1 Å². The van der Waals surface area contributed by atoms with Crippen molar-refractivity contribution in [3.63, 3.8) is 0 Å². The minimum atomic E-state index is 0.110. The molecule has 1 saturated heterocycles. The van der Waals surface area contributed by atoms with Crippen molar-refractivity contribution in [2.75, 3.05) is 19.6 Å². The van der Waals surface area contributed by atoms with Crippen molar-refractivity contribution in [2.24, 2.45) is 0 Å². The van der Waals surface area contributed by atoms with Crippen molar-refractivity contribution in [3.8, 4) is 11.3 Å². The lowest BCUT2D eigenvalue weighted by atomic mass is 10.0. The van der Waals surface area contributed by atoms with Crippen molar-refractivity contribution < 1.29 is 0 Å². The standard InChI is InChI=1S/C24H27N5O/c1-4-27-10-8-20(9-11-27)28-12-7-18-14-19(5-6-21(18)24(28)30)22-13-16(2)23-25-17(3)15-29(23)26-22/h5-7,12-15,20H,4,8-11H2,1-3H3. The molecule has 1 aliphatic rings. The molecule has 0 saturated carbocycles. The summed E-state index contributed by atoms with van der Waals surface area (Å²) in [6.07, 6.45) is 5.98. The second-order valence-corrected chi connectivity index (χ2v) is 8.36. The molecule has 3 aromatic heterocycles. The van der Waals surface area contributed by atoms with E-state index >= 15 is 0 Å². The maximum Gasteiger partial charge on any atom is 0.258 e. The molecule has 0 bridgehead atoms. The van der Waals surface area contributed by atoms with Gasteiger partial charge in [0.2, 0.25) is 0 Å². The van der Waals surface area contributed by atoms with Crippen LogP contribution in [-0.2, 0) is 0 Å². The Hall–Kier alpha value is -2.99. The van der Waals surface area contributed by atoms with Gasteiger partial charge in [0.1, 0.15) is 0 Å². The number of likely N-dealkylation sites (tertiary alicyclic amines) is 1. The van der Waals surface area contributed by atoms with Crippen LogP contribution in [0.4, 0.5) is 0 Å². The van der Waals surface area contributed by atoms with E-state index in [0.29, 0.717) is 6.04 Å². The lowest BCUT2D eigenvalue weighted by Gasteiger charge is -2.32. The van der Waals surface area contributed by atoms with Gasteiger partial charge in [-0.05, 0) is 68.4 Å². The largest absolute Gasteiger partial charge is 0.312 e. The number of aromatic nitrogens is 4. The highest BCUT2D eigenvalue weighted by Crippen LogP contribution is 2.26. The van der Waals surface area contributed by atoms with Crippen LogP contribution in [0.3, 0.4) is 0 Å². The molecule has 154 valence electrons. The molecule has 30 heavy (non-hydrogen) atoms. The van der Waals surface area contributed by atoms with Crippen LogP contribution in [0.25, 0.3) is 27.7 Å². The summed E-state index contributed by atoms with van der Waals surface area (Å²) in [4.78, 5) is 20.2. The molecule has 0 unspecified atom stereocenters. The van der Waals surface area contributed by atoms with Crippen LogP contribution >= 0.6 is 0 Å². The lowest BCUT2D eigenvalue weighted by Crippen LogP contribution is -2.37. The zero-order chi connectivity index (χ0) is 20.8. The van der Waals surface area contributed by atoms with Gasteiger partial charge in [0, 0.05) is 36.3 Å². The molecule has 6 heteroatoms. The molecule has 0 spiro atoms. The van der Waals surface area contributed by atoms with Gasteiger partial charge in [0.05, 0.1) is 17.6 Å². The Morgan fingerprint density at radius 2 is 1.90 bits per heavy atom. The van der Waals surface area contributed by atoms with Crippen LogP contribution in [-0.4, -0.2) is 43.7 Å². The van der Waals surface area contributed by atoms with Gasteiger partial charge in [-0.2, -0.15) is 5.10 Å². The minimum absolute atomic E-state index is 0.110. The fourth-order valence-electron chi connectivity index (χ4n) is 4.61. The van der Waals surface area contributed by atoms with Crippen LogP contribution < -0.4 is 5.56 Å². The fourth-order valence-corrected chi connectivity index (χ4v) is 4.61. The molecular weight excluding hydrogens is 374 g/mol. The van der Waals surface area contributed by atoms with Crippen LogP contribution in [0, 0.1) is 13.8 Å². The average molecular weight is 402 g/mol. The number of piperidine rings is 1. The van der Waals surface area contributed by atoms with Gasteiger partial charge >= 0.3 is 0 Å². The topological polar surface area (TPSA) is 55.4 Å². The zero-order valence-electron chi connectivity index (χ0n) is 17.8. The number of hydrogen-bond donors (Lipinski definition) is 0. The molecule has 5 rings (SSSR count). The number of benzene rings is 1. The van der Waals surface area contributed by atoms with E-state index in [1.54, 1.807) is 0 Å². The Labute approximate surface area is 175 Å². The smallest absolute Gasteiger partial charge is 0.258 e. The molecule has 1 aliphatic heterocycles. The summed E-state index contributed by atoms with van der Waals surface area (Å²) in [6.45, 7) is 9.43. The molecule has 1 aromatic carbocycles. The number of aryl methyl sites for hydroxylation is 2. The number of imidazole rings is 1. The van der Waals surface area contributed by atoms with E-state index in [1.807, 2.05) is 40.5 Å². The third kappa shape index (κ3) is 3.21. The van der Waals surface area contributed by atoms with Crippen molar-refractivity contribution in [1.29, 1.82) is 0 Å². The van der Waals surface area contributed by atoms with E-state index in [2.05, 4.69) is 41.9 Å². The van der Waals surface area contributed by atoms with Gasteiger partial charge in [-0.25, -0.2) is 9.50 Å². The summed E-state index contributed by atoms with van der Waals surface area (Å²) in [6, 6.07) is 10.4. The second kappa shape index (κ2) is 7.36.